The molecule has 0 saturated heterocycles. The Bertz CT molecular complexity index is 620. The molecule has 0 aliphatic rings. The Morgan fingerprint density at radius 3 is 2.78 bits per heavy atom. The van der Waals surface area contributed by atoms with Crippen LogP contribution in [0.2, 0.25) is 0 Å². The molecule has 2 aromatic rings. The molecule has 0 spiro atoms. The summed E-state index contributed by atoms with van der Waals surface area (Å²) in [6.45, 7) is 6.52. The van der Waals surface area contributed by atoms with Crippen molar-refractivity contribution in [3.63, 3.8) is 0 Å². The molecule has 1 N–H and O–H groups in total. The number of aliphatic imine (C=N–C) groups is 1. The minimum absolute atomic E-state index is 0. The lowest BCUT2D eigenvalue weighted by Gasteiger charge is -2.22. The Morgan fingerprint density at radius 1 is 1.43 bits per heavy atom. The summed E-state index contributed by atoms with van der Waals surface area (Å²) in [6, 6.07) is 4.20. The van der Waals surface area contributed by atoms with Gasteiger partial charge in [-0.2, -0.15) is 0 Å². The average Bonchev–Trinajstić information content (AvgIpc) is 3.13. The Balaban J connectivity index is 0.00000264. The van der Waals surface area contributed by atoms with E-state index >= 15 is 0 Å². The molecular weight excluding hydrogens is 421 g/mol. The smallest absolute Gasteiger partial charge is 0.194 e. The molecule has 2 heterocycles. The number of guanidine groups is 1. The van der Waals surface area contributed by atoms with Crippen molar-refractivity contribution < 1.29 is 0 Å². The van der Waals surface area contributed by atoms with Crippen molar-refractivity contribution in [2.24, 2.45) is 12.0 Å². The van der Waals surface area contributed by atoms with Gasteiger partial charge in [0.25, 0.3) is 0 Å². The largest absolute Gasteiger partial charge is 0.357 e. The fourth-order valence-electron chi connectivity index (χ4n) is 2.19. The van der Waals surface area contributed by atoms with Crippen molar-refractivity contribution in [1.29, 1.82) is 0 Å². The highest BCUT2D eigenvalue weighted by Gasteiger charge is 2.08. The number of rotatable bonds is 6. The van der Waals surface area contributed by atoms with Gasteiger partial charge in [0, 0.05) is 37.9 Å². The first-order valence-electron chi connectivity index (χ1n) is 7.67. The Labute approximate surface area is 159 Å². The standard InChI is InChI=1S/C16H25N5S.HI/c1-5-15-19-13(12-22-15)10-18-16(17-6-2)21(4)11-14-8-7-9-20(14)3;/h7-9,12H,5-6,10-11H2,1-4H3,(H,17,18);1H. The van der Waals surface area contributed by atoms with Crippen molar-refractivity contribution in [3.05, 3.63) is 40.1 Å². The summed E-state index contributed by atoms with van der Waals surface area (Å²) in [5, 5.41) is 6.62. The Morgan fingerprint density at radius 2 is 2.22 bits per heavy atom. The zero-order chi connectivity index (χ0) is 15.9. The zero-order valence-electron chi connectivity index (χ0n) is 14.2. The van der Waals surface area contributed by atoms with Gasteiger partial charge in [0.2, 0.25) is 0 Å². The van der Waals surface area contributed by atoms with Crippen LogP contribution in [0.5, 0.6) is 0 Å². The van der Waals surface area contributed by atoms with Gasteiger partial charge in [-0.05, 0) is 25.5 Å². The number of aromatic nitrogens is 2. The van der Waals surface area contributed by atoms with Crippen LogP contribution >= 0.6 is 35.3 Å². The maximum Gasteiger partial charge on any atom is 0.194 e. The van der Waals surface area contributed by atoms with Crippen LogP contribution < -0.4 is 5.32 Å². The third kappa shape index (κ3) is 5.80. The summed E-state index contributed by atoms with van der Waals surface area (Å²) >= 11 is 1.71. The van der Waals surface area contributed by atoms with Crippen LogP contribution in [0.4, 0.5) is 0 Å². The molecule has 0 bridgehead atoms. The molecule has 0 fully saturated rings. The van der Waals surface area contributed by atoms with E-state index in [0.717, 1.165) is 31.2 Å². The van der Waals surface area contributed by atoms with Crippen molar-refractivity contribution in [3.8, 4) is 0 Å². The predicted octanol–water partition coefficient (Wildman–Crippen LogP) is 3.26. The van der Waals surface area contributed by atoms with E-state index < -0.39 is 0 Å². The summed E-state index contributed by atoms with van der Waals surface area (Å²) in [4.78, 5) is 11.4. The van der Waals surface area contributed by atoms with Crippen LogP contribution in [0.3, 0.4) is 0 Å². The van der Waals surface area contributed by atoms with E-state index in [4.69, 9.17) is 4.99 Å². The number of hydrogen-bond acceptors (Lipinski definition) is 3. The third-order valence-corrected chi connectivity index (χ3v) is 4.48. The highest BCUT2D eigenvalue weighted by atomic mass is 127. The van der Waals surface area contributed by atoms with E-state index in [2.05, 4.69) is 71.4 Å². The van der Waals surface area contributed by atoms with Gasteiger partial charge in [-0.15, -0.1) is 35.3 Å². The van der Waals surface area contributed by atoms with Crippen LogP contribution in [-0.4, -0.2) is 34.0 Å². The first-order chi connectivity index (χ1) is 10.6. The summed E-state index contributed by atoms with van der Waals surface area (Å²) in [6.07, 6.45) is 3.05. The third-order valence-electron chi connectivity index (χ3n) is 3.44. The first-order valence-corrected chi connectivity index (χ1v) is 8.55. The first kappa shape index (κ1) is 20.0. The minimum atomic E-state index is 0. The van der Waals surface area contributed by atoms with Gasteiger partial charge < -0.3 is 14.8 Å². The van der Waals surface area contributed by atoms with Gasteiger partial charge in [-0.25, -0.2) is 9.98 Å². The molecule has 23 heavy (non-hydrogen) atoms. The maximum atomic E-state index is 4.71. The lowest BCUT2D eigenvalue weighted by atomic mass is 10.4. The van der Waals surface area contributed by atoms with Crippen LogP contribution in [0.25, 0.3) is 0 Å². The van der Waals surface area contributed by atoms with Gasteiger partial charge in [-0.3, -0.25) is 0 Å². The predicted molar refractivity (Wildman–Crippen MR) is 109 cm³/mol. The normalized spacial score (nSPS) is 11.2. The number of nitrogens with zero attached hydrogens (tertiary/aromatic N) is 4. The lowest BCUT2D eigenvalue weighted by molar-refractivity contribution is 0.461. The number of halogens is 1. The highest BCUT2D eigenvalue weighted by molar-refractivity contribution is 14.0. The van der Waals surface area contributed by atoms with Crippen LogP contribution in [0.1, 0.15) is 30.2 Å². The van der Waals surface area contributed by atoms with E-state index in [9.17, 15) is 0 Å². The molecule has 0 atom stereocenters. The van der Waals surface area contributed by atoms with Gasteiger partial charge in [-0.1, -0.05) is 6.92 Å². The fourth-order valence-corrected chi connectivity index (χ4v) is 2.92. The number of thiazole rings is 1. The van der Waals surface area contributed by atoms with E-state index in [1.54, 1.807) is 11.3 Å². The Hall–Kier alpha value is -1.09. The number of aryl methyl sites for hydroxylation is 2. The van der Waals surface area contributed by atoms with Crippen LogP contribution in [-0.2, 0) is 26.6 Å². The van der Waals surface area contributed by atoms with E-state index in [-0.39, 0.29) is 24.0 Å². The highest BCUT2D eigenvalue weighted by Crippen LogP contribution is 2.11. The summed E-state index contributed by atoms with van der Waals surface area (Å²) in [5.41, 5.74) is 2.31. The summed E-state index contributed by atoms with van der Waals surface area (Å²) < 4.78 is 2.13. The fraction of sp³-hybridized carbons (Fsp3) is 0.500. The molecule has 2 aromatic heterocycles. The second-order valence-electron chi connectivity index (χ2n) is 5.22. The minimum Gasteiger partial charge on any atom is -0.357 e. The van der Waals surface area contributed by atoms with Crippen molar-refractivity contribution in [1.82, 2.24) is 19.8 Å². The lowest BCUT2D eigenvalue weighted by Crippen LogP contribution is -2.38. The van der Waals surface area contributed by atoms with Gasteiger partial charge in [0.1, 0.15) is 0 Å². The van der Waals surface area contributed by atoms with Crippen LogP contribution in [0, 0.1) is 0 Å². The topological polar surface area (TPSA) is 45.5 Å². The van der Waals surface area contributed by atoms with E-state index in [1.165, 1.54) is 10.7 Å². The van der Waals surface area contributed by atoms with E-state index in [1.807, 2.05) is 0 Å². The monoisotopic (exact) mass is 447 g/mol. The van der Waals surface area contributed by atoms with Crippen LogP contribution in [0.15, 0.2) is 28.7 Å². The second kappa shape index (κ2) is 9.92. The summed E-state index contributed by atoms with van der Waals surface area (Å²) in [5.74, 6) is 0.912. The number of nitrogens with one attached hydrogen (secondary N) is 1. The molecule has 5 nitrogen and oxygen atoms in total. The molecule has 0 aromatic carbocycles. The molecule has 128 valence electrons. The molecule has 0 saturated carbocycles. The van der Waals surface area contributed by atoms with E-state index in [0.29, 0.717) is 6.54 Å². The quantitative estimate of drug-likeness (QED) is 0.420. The van der Waals surface area contributed by atoms with Gasteiger partial charge in [0.05, 0.1) is 23.8 Å². The SMILES string of the molecule is CCNC(=NCc1csc(CC)n1)N(C)Cc1cccn1C.I. The molecular formula is C16H26IN5S. The Kier molecular flexibility index (Phi) is 8.60. The molecule has 0 radical (unpaired) electrons. The molecule has 2 rings (SSSR count). The molecule has 0 amide bonds. The average molecular weight is 447 g/mol. The molecule has 0 aliphatic heterocycles. The van der Waals surface area contributed by atoms with Crippen molar-refractivity contribution >= 4 is 41.3 Å². The molecule has 0 unspecified atom stereocenters. The maximum absolute atomic E-state index is 4.71. The van der Waals surface area contributed by atoms with Gasteiger partial charge in [0.15, 0.2) is 5.96 Å². The molecule has 0 aliphatic carbocycles. The summed E-state index contributed by atoms with van der Waals surface area (Å²) in [7, 11) is 4.13. The van der Waals surface area contributed by atoms with Gasteiger partial charge >= 0.3 is 0 Å². The van der Waals surface area contributed by atoms with Crippen molar-refractivity contribution in [2.75, 3.05) is 13.6 Å². The second-order valence-corrected chi connectivity index (χ2v) is 6.17. The number of hydrogen-bond donors (Lipinski definition) is 1. The molecule has 7 heteroatoms. The zero-order valence-corrected chi connectivity index (χ0v) is 17.4. The van der Waals surface area contributed by atoms with Crippen molar-refractivity contribution in [2.45, 2.75) is 33.4 Å².